The minimum Gasteiger partial charge on any atom is -0.392 e. The molecule has 0 fully saturated rings. The molecule has 0 aliphatic rings. The fourth-order valence-corrected chi connectivity index (χ4v) is 2.01. The van der Waals surface area contributed by atoms with Crippen LogP contribution in [-0.4, -0.2) is 21.0 Å². The Hall–Kier alpha value is -2.28. The second-order valence-electron chi connectivity index (χ2n) is 4.19. The summed E-state index contributed by atoms with van der Waals surface area (Å²) in [6.07, 6.45) is 0. The summed E-state index contributed by atoms with van der Waals surface area (Å²) in [6, 6.07) is 9.14. The Morgan fingerprint density at radius 1 is 1.45 bits per heavy atom. The van der Waals surface area contributed by atoms with Gasteiger partial charge in [0.25, 0.3) is 0 Å². The van der Waals surface area contributed by atoms with Gasteiger partial charge in [0.05, 0.1) is 11.5 Å². The maximum atomic E-state index is 12.2. The van der Waals surface area contributed by atoms with Crippen LogP contribution in [0.3, 0.4) is 0 Å². The Bertz CT molecular complexity index is 612. The van der Waals surface area contributed by atoms with Gasteiger partial charge in [-0.15, -0.1) is 0 Å². The van der Waals surface area contributed by atoms with E-state index in [2.05, 4.69) is 15.5 Å². The van der Waals surface area contributed by atoms with E-state index in [9.17, 15) is 4.79 Å². The minimum atomic E-state index is -0.667. The van der Waals surface area contributed by atoms with Gasteiger partial charge in [0.1, 0.15) is 5.92 Å². The molecule has 0 bridgehead atoms. The van der Waals surface area contributed by atoms with Gasteiger partial charge in [-0.1, -0.05) is 47.7 Å². The number of benzene rings is 1. The molecule has 104 valence electrons. The number of rotatable bonds is 5. The maximum Gasteiger partial charge on any atom is 0.234 e. The molecule has 0 radical (unpaired) electrons. The fraction of sp³-hybridized carbons (Fsp3) is 0.231. The van der Waals surface area contributed by atoms with Crippen LogP contribution in [0.4, 0.5) is 0 Å². The molecule has 1 aromatic carbocycles. The first kappa shape index (κ1) is 14.1. The molecule has 0 spiro atoms. The van der Waals surface area contributed by atoms with Crippen LogP contribution < -0.4 is 11.1 Å². The summed E-state index contributed by atoms with van der Waals surface area (Å²) in [5.74, 6) is -0.0980. The molecule has 2 aromatic rings. The molecular formula is C13H14N4O2S. The predicted octanol–water partition coefficient (Wildman–Crippen LogP) is 1.06. The lowest BCUT2D eigenvalue weighted by Gasteiger charge is -2.15. The molecule has 1 unspecified atom stereocenters. The van der Waals surface area contributed by atoms with Crippen LogP contribution in [0.25, 0.3) is 0 Å². The summed E-state index contributed by atoms with van der Waals surface area (Å²) in [5.41, 5.74) is 6.42. The van der Waals surface area contributed by atoms with Crippen molar-refractivity contribution < 1.29 is 9.32 Å². The molecular weight excluding hydrogens is 276 g/mol. The van der Waals surface area contributed by atoms with E-state index in [-0.39, 0.29) is 17.4 Å². The average molecular weight is 290 g/mol. The third kappa shape index (κ3) is 3.39. The number of carbonyl (C=O) groups excluding carboxylic acids is 1. The monoisotopic (exact) mass is 290 g/mol. The van der Waals surface area contributed by atoms with Crippen molar-refractivity contribution in [3.8, 4) is 0 Å². The largest absolute Gasteiger partial charge is 0.392 e. The van der Waals surface area contributed by atoms with E-state index in [4.69, 9.17) is 22.5 Å². The van der Waals surface area contributed by atoms with Gasteiger partial charge in [0.2, 0.25) is 11.8 Å². The van der Waals surface area contributed by atoms with Gasteiger partial charge in [-0.3, -0.25) is 4.79 Å². The van der Waals surface area contributed by atoms with E-state index in [0.29, 0.717) is 11.7 Å². The van der Waals surface area contributed by atoms with Crippen molar-refractivity contribution >= 4 is 23.1 Å². The maximum absolute atomic E-state index is 12.2. The Balaban J connectivity index is 2.06. The second kappa shape index (κ2) is 6.25. The molecule has 1 amide bonds. The molecule has 0 saturated heterocycles. The van der Waals surface area contributed by atoms with E-state index in [1.165, 1.54) is 0 Å². The highest BCUT2D eigenvalue weighted by Gasteiger charge is 2.23. The van der Waals surface area contributed by atoms with Crippen molar-refractivity contribution in [2.75, 3.05) is 0 Å². The Labute approximate surface area is 121 Å². The zero-order valence-electron chi connectivity index (χ0n) is 10.9. The number of aryl methyl sites for hydroxylation is 1. The van der Waals surface area contributed by atoms with Gasteiger partial charge < -0.3 is 15.6 Å². The van der Waals surface area contributed by atoms with E-state index >= 15 is 0 Å². The molecule has 3 N–H and O–H groups in total. The van der Waals surface area contributed by atoms with Crippen LogP contribution in [0.15, 0.2) is 34.9 Å². The Morgan fingerprint density at radius 2 is 2.15 bits per heavy atom. The topological polar surface area (TPSA) is 94.0 Å². The smallest absolute Gasteiger partial charge is 0.234 e. The third-order valence-corrected chi connectivity index (χ3v) is 2.91. The van der Waals surface area contributed by atoms with Crippen LogP contribution >= 0.6 is 12.2 Å². The summed E-state index contributed by atoms with van der Waals surface area (Å²) in [6.45, 7) is 1.85. The molecule has 20 heavy (non-hydrogen) atoms. The van der Waals surface area contributed by atoms with Crippen molar-refractivity contribution in [3.05, 3.63) is 47.6 Å². The number of amides is 1. The Morgan fingerprint density at radius 3 is 2.70 bits per heavy atom. The van der Waals surface area contributed by atoms with Gasteiger partial charge >= 0.3 is 0 Å². The zero-order chi connectivity index (χ0) is 14.5. The zero-order valence-corrected chi connectivity index (χ0v) is 11.7. The van der Waals surface area contributed by atoms with E-state index in [0.717, 1.165) is 5.56 Å². The second-order valence-corrected chi connectivity index (χ2v) is 4.66. The average Bonchev–Trinajstić information content (AvgIpc) is 2.83. The Kier molecular flexibility index (Phi) is 4.41. The molecule has 1 aromatic heterocycles. The van der Waals surface area contributed by atoms with Crippen molar-refractivity contribution in [3.63, 3.8) is 0 Å². The number of hydrogen-bond acceptors (Lipinski definition) is 5. The lowest BCUT2D eigenvalue weighted by molar-refractivity contribution is -0.121. The molecule has 7 heteroatoms. The standard InChI is InChI=1S/C13H14N4O2S/c1-8-16-10(17-19-8)7-15-13(18)11(12(14)20)9-5-3-2-4-6-9/h2-6,11H,7H2,1H3,(H2,14,20)(H,15,18). The van der Waals surface area contributed by atoms with Crippen LogP contribution in [0.1, 0.15) is 23.2 Å². The predicted molar refractivity (Wildman–Crippen MR) is 76.9 cm³/mol. The number of aromatic nitrogens is 2. The van der Waals surface area contributed by atoms with Crippen molar-refractivity contribution in [1.29, 1.82) is 0 Å². The number of thiocarbonyl (C=S) groups is 1. The first-order chi connectivity index (χ1) is 9.58. The molecule has 6 nitrogen and oxygen atoms in total. The van der Waals surface area contributed by atoms with Crippen molar-refractivity contribution in [1.82, 2.24) is 15.5 Å². The van der Waals surface area contributed by atoms with Gasteiger partial charge in [0.15, 0.2) is 5.82 Å². The highest BCUT2D eigenvalue weighted by molar-refractivity contribution is 7.80. The van der Waals surface area contributed by atoms with Crippen molar-refractivity contribution in [2.45, 2.75) is 19.4 Å². The summed E-state index contributed by atoms with van der Waals surface area (Å²) in [4.78, 5) is 16.3. The van der Waals surface area contributed by atoms with Crippen molar-refractivity contribution in [2.24, 2.45) is 5.73 Å². The molecule has 1 heterocycles. The summed E-state index contributed by atoms with van der Waals surface area (Å²) in [5, 5.41) is 6.40. The minimum absolute atomic E-state index is 0.123. The van der Waals surface area contributed by atoms with Gasteiger partial charge in [-0.05, 0) is 5.56 Å². The van der Waals surface area contributed by atoms with Crippen LogP contribution in [0.5, 0.6) is 0 Å². The summed E-state index contributed by atoms with van der Waals surface area (Å²) in [7, 11) is 0. The molecule has 0 saturated carbocycles. The van der Waals surface area contributed by atoms with E-state index in [1.54, 1.807) is 6.92 Å². The summed E-state index contributed by atoms with van der Waals surface area (Å²) >= 11 is 4.98. The normalized spacial score (nSPS) is 11.8. The number of nitrogens with two attached hydrogens (primary N) is 1. The van der Waals surface area contributed by atoms with Crippen LogP contribution in [-0.2, 0) is 11.3 Å². The lowest BCUT2D eigenvalue weighted by atomic mass is 9.98. The fourth-order valence-electron chi connectivity index (χ4n) is 1.77. The SMILES string of the molecule is Cc1nc(CNC(=O)C(C(N)=S)c2ccccc2)no1. The molecule has 2 rings (SSSR count). The number of nitrogens with zero attached hydrogens (tertiary/aromatic N) is 2. The number of hydrogen-bond donors (Lipinski definition) is 2. The van der Waals surface area contributed by atoms with Crippen LogP contribution in [0, 0.1) is 6.92 Å². The number of carbonyl (C=O) groups is 1. The van der Waals surface area contributed by atoms with Gasteiger partial charge in [0, 0.05) is 6.92 Å². The summed E-state index contributed by atoms with van der Waals surface area (Å²) < 4.78 is 4.83. The molecule has 0 aliphatic heterocycles. The number of nitrogens with one attached hydrogen (secondary N) is 1. The quantitative estimate of drug-likeness (QED) is 0.800. The first-order valence-corrected chi connectivity index (χ1v) is 6.40. The third-order valence-electron chi connectivity index (χ3n) is 2.67. The van der Waals surface area contributed by atoms with Gasteiger partial charge in [-0.2, -0.15) is 4.98 Å². The highest BCUT2D eigenvalue weighted by Crippen LogP contribution is 2.16. The van der Waals surface area contributed by atoms with Gasteiger partial charge in [-0.25, -0.2) is 0 Å². The first-order valence-electron chi connectivity index (χ1n) is 5.99. The van der Waals surface area contributed by atoms with Crippen LogP contribution in [0.2, 0.25) is 0 Å². The van der Waals surface area contributed by atoms with E-state index < -0.39 is 5.92 Å². The lowest BCUT2D eigenvalue weighted by Crippen LogP contribution is -2.36. The molecule has 0 aliphatic carbocycles. The van der Waals surface area contributed by atoms with E-state index in [1.807, 2.05) is 30.3 Å². The highest BCUT2D eigenvalue weighted by atomic mass is 32.1. The molecule has 1 atom stereocenters.